The molecule has 0 amide bonds. The summed E-state index contributed by atoms with van der Waals surface area (Å²) in [5.41, 5.74) is 1.35. The van der Waals surface area contributed by atoms with Crippen LogP contribution in [0.3, 0.4) is 0 Å². The molecule has 0 radical (unpaired) electrons. The largest absolute Gasteiger partial charge is 1.00 e. The maximum absolute atomic E-state index is 11.3. The molecule has 2 N–H and O–H groups in total. The Hall–Kier alpha value is -0.620. The van der Waals surface area contributed by atoms with Gasteiger partial charge >= 0.3 is 36.7 Å². The van der Waals surface area contributed by atoms with Gasteiger partial charge in [-0.15, -0.1) is 5.75 Å². The number of phenols is 1. The molecule has 2 aromatic carbocycles. The zero-order valence-electron chi connectivity index (χ0n) is 12.4. The van der Waals surface area contributed by atoms with Crippen molar-refractivity contribution in [2.45, 2.75) is 13.8 Å². The van der Waals surface area contributed by atoms with E-state index in [0.29, 0.717) is 11.1 Å². The summed E-state index contributed by atoms with van der Waals surface area (Å²) in [4.78, 5) is 10.1. The van der Waals surface area contributed by atoms with E-state index in [-0.39, 0.29) is 52.6 Å². The Morgan fingerprint density at radius 3 is 2.09 bits per heavy atom. The summed E-state index contributed by atoms with van der Waals surface area (Å²) in [5, 5.41) is 20.8. The van der Waals surface area contributed by atoms with Crippen molar-refractivity contribution in [3.05, 3.63) is 47.5 Å². The van der Waals surface area contributed by atoms with Crippen molar-refractivity contribution in [2.24, 2.45) is 0 Å². The van der Waals surface area contributed by atoms with Crippen LogP contribution in [0.5, 0.6) is 23.0 Å². The van der Waals surface area contributed by atoms with Crippen molar-refractivity contribution in [3.8, 4) is 23.0 Å². The van der Waals surface area contributed by atoms with Crippen LogP contribution < -0.4 is 43.7 Å². The van der Waals surface area contributed by atoms with E-state index < -0.39 is 7.15 Å². The Kier molecular flexibility index (Phi) is 6.86. The van der Waals surface area contributed by atoms with Crippen LogP contribution >= 0.6 is 7.15 Å². The minimum Gasteiger partial charge on any atom is -0.872 e. The molecule has 0 heterocycles. The summed E-state index contributed by atoms with van der Waals surface area (Å²) in [6, 6.07) is 8.67. The SMILES string of the molecule is Cc1ccc([O-])cc1O[P+](O)([S-])Oc1cc(O)ccc1C.[Na+]. The van der Waals surface area contributed by atoms with E-state index in [1.54, 1.807) is 26.0 Å². The molecule has 8 heteroatoms. The average Bonchev–Trinajstić information content (AvgIpc) is 2.37. The summed E-state index contributed by atoms with van der Waals surface area (Å²) in [7, 11) is -3.65. The first-order valence-corrected chi connectivity index (χ1v) is 8.65. The van der Waals surface area contributed by atoms with Crippen molar-refractivity contribution in [1.29, 1.82) is 0 Å². The van der Waals surface area contributed by atoms with E-state index in [1.165, 1.54) is 24.3 Å². The number of hydrogen-bond acceptors (Lipinski definition) is 6. The second-order valence-corrected chi connectivity index (χ2v) is 7.21. The monoisotopic (exact) mass is 348 g/mol. The standard InChI is InChI=1S/C14H15O5PS.Na/c1-9-3-5-11(15)7-13(9)18-20(17,21)19-14-8-12(16)6-4-10(14)2;/h3-8,15-16H,1-2H3,(H,17,21);/q;+1/p-1. The maximum Gasteiger partial charge on any atom is 1.00 e. The molecule has 0 fully saturated rings. The van der Waals surface area contributed by atoms with E-state index in [1.807, 2.05) is 0 Å². The Morgan fingerprint density at radius 1 is 1.00 bits per heavy atom. The number of phenolic OH excluding ortho intramolecular Hbond substituents is 1. The fraction of sp³-hybridized carbons (Fsp3) is 0.143. The van der Waals surface area contributed by atoms with E-state index in [4.69, 9.17) is 21.3 Å². The molecule has 0 aliphatic rings. The van der Waals surface area contributed by atoms with Gasteiger partial charge in [0.2, 0.25) is 0 Å². The summed E-state index contributed by atoms with van der Waals surface area (Å²) in [6.07, 6.45) is 0. The van der Waals surface area contributed by atoms with Crippen molar-refractivity contribution < 1.29 is 53.7 Å². The second kappa shape index (κ2) is 7.77. The van der Waals surface area contributed by atoms with Crippen LogP contribution in [0, 0.1) is 13.8 Å². The molecule has 0 aliphatic carbocycles. The molecule has 0 aromatic heterocycles. The number of benzene rings is 2. The molecule has 1 unspecified atom stereocenters. The topological polar surface area (TPSA) is 82.0 Å². The normalized spacial score (nSPS) is 12.9. The van der Waals surface area contributed by atoms with Crippen LogP contribution in [-0.4, -0.2) is 10.00 Å². The van der Waals surface area contributed by atoms with Crippen molar-refractivity contribution >= 4 is 19.4 Å². The molecular formula is C14H14NaO5PS. The van der Waals surface area contributed by atoms with Crippen molar-refractivity contribution in [3.63, 3.8) is 0 Å². The molecule has 0 bridgehead atoms. The van der Waals surface area contributed by atoms with Gasteiger partial charge in [0.05, 0.1) is 0 Å². The molecule has 22 heavy (non-hydrogen) atoms. The first-order valence-electron chi connectivity index (χ1n) is 6.06. The zero-order valence-corrected chi connectivity index (χ0v) is 16.1. The van der Waals surface area contributed by atoms with E-state index in [2.05, 4.69) is 0 Å². The average molecular weight is 348 g/mol. The quantitative estimate of drug-likeness (QED) is 0.451. The van der Waals surface area contributed by atoms with Gasteiger partial charge < -0.3 is 31.5 Å². The molecule has 2 aromatic rings. The Balaban J connectivity index is 0.00000242. The third kappa shape index (κ3) is 5.23. The van der Waals surface area contributed by atoms with Crippen molar-refractivity contribution in [1.82, 2.24) is 0 Å². The van der Waals surface area contributed by atoms with E-state index in [0.717, 1.165) is 0 Å². The number of aromatic hydroxyl groups is 1. The Bertz CT molecular complexity index is 610. The molecule has 112 valence electrons. The molecule has 0 saturated carbocycles. The van der Waals surface area contributed by atoms with Gasteiger partial charge in [0.1, 0.15) is 5.75 Å². The summed E-state index contributed by atoms with van der Waals surface area (Å²) in [5.74, 6) is 0.158. The minimum absolute atomic E-state index is 0. The summed E-state index contributed by atoms with van der Waals surface area (Å²) >= 11 is 4.95. The van der Waals surface area contributed by atoms with Crippen LogP contribution in [0.2, 0.25) is 0 Å². The maximum atomic E-state index is 11.3. The third-order valence-electron chi connectivity index (χ3n) is 2.76. The van der Waals surface area contributed by atoms with Crippen molar-refractivity contribution in [2.75, 3.05) is 0 Å². The first-order chi connectivity index (χ1) is 9.77. The van der Waals surface area contributed by atoms with Gasteiger partial charge in [-0.3, -0.25) is 0 Å². The van der Waals surface area contributed by atoms with Gasteiger partial charge in [-0.25, -0.2) is 0 Å². The van der Waals surface area contributed by atoms with Crippen LogP contribution in [-0.2, 0) is 12.2 Å². The minimum atomic E-state index is -3.65. The van der Waals surface area contributed by atoms with Gasteiger partial charge in [-0.2, -0.15) is 4.89 Å². The fourth-order valence-electron chi connectivity index (χ4n) is 1.63. The number of aryl methyl sites for hydroxylation is 2. The molecule has 2 rings (SSSR count). The third-order valence-corrected chi connectivity index (χ3v) is 4.06. The predicted octanol–water partition coefficient (Wildman–Crippen LogP) is -0.239. The van der Waals surface area contributed by atoms with Gasteiger partial charge in [0.25, 0.3) is 0 Å². The first kappa shape index (κ1) is 19.4. The molecule has 0 spiro atoms. The smallest absolute Gasteiger partial charge is 0.872 e. The molecule has 1 atom stereocenters. The van der Waals surface area contributed by atoms with Gasteiger partial charge in [0, 0.05) is 6.07 Å². The summed E-state index contributed by atoms with van der Waals surface area (Å²) < 4.78 is 10.6. The van der Waals surface area contributed by atoms with Gasteiger partial charge in [-0.05, 0) is 37.1 Å². The van der Waals surface area contributed by atoms with Crippen LogP contribution in [0.1, 0.15) is 11.1 Å². The van der Waals surface area contributed by atoms with Crippen LogP contribution in [0.15, 0.2) is 36.4 Å². The number of rotatable bonds is 4. The molecule has 0 aliphatic heterocycles. The van der Waals surface area contributed by atoms with Gasteiger partial charge in [0.15, 0.2) is 11.5 Å². The Morgan fingerprint density at radius 2 is 1.50 bits per heavy atom. The molecule has 0 saturated heterocycles. The predicted molar refractivity (Wildman–Crippen MR) is 81.2 cm³/mol. The number of hydrogen-bond donors (Lipinski definition) is 2. The molecule has 5 nitrogen and oxygen atoms in total. The van der Waals surface area contributed by atoms with Crippen LogP contribution in [0.4, 0.5) is 0 Å². The van der Waals surface area contributed by atoms with Crippen LogP contribution in [0.25, 0.3) is 0 Å². The fourth-order valence-corrected chi connectivity index (χ4v) is 3.04. The zero-order chi connectivity index (χ0) is 15.6. The summed E-state index contributed by atoms with van der Waals surface area (Å²) in [6.45, 7) is 3.47. The van der Waals surface area contributed by atoms with Gasteiger partial charge in [-0.1, -0.05) is 18.2 Å². The van der Waals surface area contributed by atoms with E-state index in [9.17, 15) is 15.1 Å². The molecular weight excluding hydrogens is 334 g/mol. The van der Waals surface area contributed by atoms with E-state index >= 15 is 0 Å². The second-order valence-electron chi connectivity index (χ2n) is 4.53. The Labute approximate surface area is 156 Å².